The summed E-state index contributed by atoms with van der Waals surface area (Å²) in [6.45, 7) is 5.43. The van der Waals surface area contributed by atoms with Gasteiger partial charge in [-0.25, -0.2) is 8.42 Å². The van der Waals surface area contributed by atoms with E-state index in [0.29, 0.717) is 30.2 Å². The Balaban J connectivity index is 1.84. The van der Waals surface area contributed by atoms with Gasteiger partial charge in [0, 0.05) is 37.4 Å². The van der Waals surface area contributed by atoms with Gasteiger partial charge in [-0.2, -0.15) is 14.5 Å². The third-order valence-electron chi connectivity index (χ3n) is 4.09. The number of H-pyrrole nitrogens is 1. The molecule has 114 valence electrons. The van der Waals surface area contributed by atoms with Crippen LogP contribution in [0.1, 0.15) is 30.7 Å². The number of rotatable bonds is 4. The highest BCUT2D eigenvalue weighted by molar-refractivity contribution is 7.89. The van der Waals surface area contributed by atoms with E-state index < -0.39 is 10.0 Å². The maximum atomic E-state index is 12.7. The fourth-order valence-electron chi connectivity index (χ4n) is 2.83. The van der Waals surface area contributed by atoms with Gasteiger partial charge in [0.1, 0.15) is 4.90 Å². The van der Waals surface area contributed by atoms with Crippen LogP contribution in [-0.2, 0) is 16.6 Å². The Labute approximate surface area is 124 Å². The highest BCUT2D eigenvalue weighted by Gasteiger charge is 2.35. The summed E-state index contributed by atoms with van der Waals surface area (Å²) in [6.07, 6.45) is 3.96. The quantitative estimate of drug-likeness (QED) is 0.917. The molecule has 0 aliphatic carbocycles. The lowest BCUT2D eigenvalue weighted by molar-refractivity contribution is 0.471. The van der Waals surface area contributed by atoms with Crippen LogP contribution in [0.15, 0.2) is 23.4 Å². The molecular formula is C13H19N5O2S. The van der Waals surface area contributed by atoms with E-state index in [0.717, 1.165) is 12.1 Å². The molecule has 3 rings (SSSR count). The van der Waals surface area contributed by atoms with Crippen molar-refractivity contribution >= 4 is 10.0 Å². The molecule has 0 aromatic carbocycles. The molecule has 0 bridgehead atoms. The first-order valence-electron chi connectivity index (χ1n) is 7.06. The first-order valence-corrected chi connectivity index (χ1v) is 8.50. The number of aromatic amines is 1. The second-order valence-electron chi connectivity index (χ2n) is 5.27. The van der Waals surface area contributed by atoms with Gasteiger partial charge in [-0.1, -0.05) is 0 Å². The Kier molecular flexibility index (Phi) is 3.58. The second kappa shape index (κ2) is 5.27. The van der Waals surface area contributed by atoms with Crippen molar-refractivity contribution in [2.75, 3.05) is 13.1 Å². The van der Waals surface area contributed by atoms with Crippen molar-refractivity contribution in [1.82, 2.24) is 24.3 Å². The number of nitrogens with one attached hydrogen (secondary N) is 1. The minimum absolute atomic E-state index is 0.184. The van der Waals surface area contributed by atoms with E-state index >= 15 is 0 Å². The molecule has 0 saturated carbocycles. The molecule has 0 amide bonds. The van der Waals surface area contributed by atoms with E-state index in [1.807, 2.05) is 13.0 Å². The van der Waals surface area contributed by atoms with E-state index in [1.165, 1.54) is 6.20 Å². The van der Waals surface area contributed by atoms with Crippen molar-refractivity contribution in [2.45, 2.75) is 37.6 Å². The minimum atomic E-state index is -3.47. The van der Waals surface area contributed by atoms with E-state index in [2.05, 4.69) is 15.3 Å². The molecule has 1 atom stereocenters. The smallest absolute Gasteiger partial charge is 0.246 e. The van der Waals surface area contributed by atoms with E-state index in [1.54, 1.807) is 22.1 Å². The fraction of sp³-hybridized carbons (Fsp3) is 0.538. The first kappa shape index (κ1) is 14.3. The largest absolute Gasteiger partial charge is 0.282 e. The molecule has 2 aromatic rings. The zero-order chi connectivity index (χ0) is 15.0. The van der Waals surface area contributed by atoms with Gasteiger partial charge < -0.3 is 0 Å². The Bertz CT molecular complexity index is 720. The van der Waals surface area contributed by atoms with Crippen molar-refractivity contribution in [1.29, 1.82) is 0 Å². The predicted molar refractivity (Wildman–Crippen MR) is 77.3 cm³/mol. The lowest BCUT2D eigenvalue weighted by atomic mass is 10.1. The first-order chi connectivity index (χ1) is 10.0. The molecule has 1 fully saturated rings. The van der Waals surface area contributed by atoms with Crippen LogP contribution < -0.4 is 0 Å². The SMILES string of the molecule is CCn1ncc(S(=O)(=O)N2CC[C@@H](c3ccn[nH]3)C2)c1C. The molecule has 1 aliphatic heterocycles. The molecule has 1 saturated heterocycles. The highest BCUT2D eigenvalue weighted by atomic mass is 32.2. The van der Waals surface area contributed by atoms with Gasteiger partial charge in [0.15, 0.2) is 0 Å². The molecule has 0 unspecified atom stereocenters. The fourth-order valence-corrected chi connectivity index (χ4v) is 4.49. The normalized spacial score (nSPS) is 20.2. The van der Waals surface area contributed by atoms with Crippen LogP contribution in [0.25, 0.3) is 0 Å². The summed E-state index contributed by atoms with van der Waals surface area (Å²) < 4.78 is 28.7. The molecular weight excluding hydrogens is 290 g/mol. The molecule has 7 nitrogen and oxygen atoms in total. The van der Waals surface area contributed by atoms with Crippen molar-refractivity contribution in [3.8, 4) is 0 Å². The predicted octanol–water partition coefficient (Wildman–Crippen LogP) is 1.11. The maximum Gasteiger partial charge on any atom is 0.246 e. The Hall–Kier alpha value is -1.67. The van der Waals surface area contributed by atoms with Gasteiger partial charge in [0.25, 0.3) is 0 Å². The van der Waals surface area contributed by atoms with Crippen molar-refractivity contribution in [3.05, 3.63) is 29.8 Å². The van der Waals surface area contributed by atoms with Crippen LogP contribution in [0.4, 0.5) is 0 Å². The summed E-state index contributed by atoms with van der Waals surface area (Å²) >= 11 is 0. The van der Waals surface area contributed by atoms with Crippen LogP contribution >= 0.6 is 0 Å². The highest BCUT2D eigenvalue weighted by Crippen LogP contribution is 2.30. The summed E-state index contributed by atoms with van der Waals surface area (Å²) in [5.74, 6) is 0.184. The Morgan fingerprint density at radius 1 is 1.48 bits per heavy atom. The lowest BCUT2D eigenvalue weighted by Crippen LogP contribution is -2.29. The number of aromatic nitrogens is 4. The third kappa shape index (κ3) is 2.38. The summed E-state index contributed by atoms with van der Waals surface area (Å²) in [5.41, 5.74) is 1.69. The van der Waals surface area contributed by atoms with Gasteiger partial charge in [-0.3, -0.25) is 9.78 Å². The number of hydrogen-bond donors (Lipinski definition) is 1. The molecule has 21 heavy (non-hydrogen) atoms. The molecule has 8 heteroatoms. The zero-order valence-electron chi connectivity index (χ0n) is 12.2. The van der Waals surface area contributed by atoms with E-state index in [-0.39, 0.29) is 5.92 Å². The number of hydrogen-bond acceptors (Lipinski definition) is 4. The lowest BCUT2D eigenvalue weighted by Gasteiger charge is -2.16. The number of nitrogens with zero attached hydrogens (tertiary/aromatic N) is 4. The summed E-state index contributed by atoms with van der Waals surface area (Å²) in [7, 11) is -3.47. The monoisotopic (exact) mass is 309 g/mol. The van der Waals surface area contributed by atoms with Crippen LogP contribution in [0, 0.1) is 6.92 Å². The van der Waals surface area contributed by atoms with Crippen LogP contribution in [0.3, 0.4) is 0 Å². The zero-order valence-corrected chi connectivity index (χ0v) is 13.0. The molecule has 3 heterocycles. The van der Waals surface area contributed by atoms with Crippen LogP contribution in [0.2, 0.25) is 0 Å². The average Bonchev–Trinajstić information content (AvgIpc) is 3.18. The second-order valence-corrected chi connectivity index (χ2v) is 7.18. The van der Waals surface area contributed by atoms with Crippen molar-refractivity contribution in [3.63, 3.8) is 0 Å². The topological polar surface area (TPSA) is 83.9 Å². The van der Waals surface area contributed by atoms with Gasteiger partial charge in [0.05, 0.1) is 11.9 Å². The van der Waals surface area contributed by atoms with Gasteiger partial charge in [-0.15, -0.1) is 0 Å². The number of sulfonamides is 1. The molecule has 0 spiro atoms. The summed E-state index contributed by atoms with van der Waals surface area (Å²) in [6, 6.07) is 1.90. The van der Waals surface area contributed by atoms with Crippen molar-refractivity contribution < 1.29 is 8.42 Å². The number of aryl methyl sites for hydroxylation is 1. The Morgan fingerprint density at radius 3 is 2.90 bits per heavy atom. The summed E-state index contributed by atoms with van der Waals surface area (Å²) in [4.78, 5) is 0.314. The van der Waals surface area contributed by atoms with Gasteiger partial charge >= 0.3 is 0 Å². The molecule has 0 radical (unpaired) electrons. The maximum absolute atomic E-state index is 12.7. The van der Waals surface area contributed by atoms with Gasteiger partial charge in [-0.05, 0) is 26.3 Å². The van der Waals surface area contributed by atoms with Crippen molar-refractivity contribution in [2.24, 2.45) is 0 Å². The molecule has 2 aromatic heterocycles. The Morgan fingerprint density at radius 2 is 2.29 bits per heavy atom. The molecule has 1 N–H and O–H groups in total. The van der Waals surface area contributed by atoms with E-state index in [4.69, 9.17) is 0 Å². The third-order valence-corrected chi connectivity index (χ3v) is 6.06. The van der Waals surface area contributed by atoms with Crippen LogP contribution in [-0.4, -0.2) is 45.8 Å². The standard InChI is InChI=1S/C13H19N5O2S/c1-3-18-10(2)13(8-15-18)21(19,20)17-7-5-11(9-17)12-4-6-14-16-12/h4,6,8,11H,3,5,7,9H2,1-2H3,(H,14,16)/t11-/m1/s1. The average molecular weight is 309 g/mol. The summed E-state index contributed by atoms with van der Waals surface area (Å²) in [5, 5.41) is 11.0. The van der Waals surface area contributed by atoms with Crippen LogP contribution in [0.5, 0.6) is 0 Å². The van der Waals surface area contributed by atoms with E-state index in [9.17, 15) is 8.42 Å². The molecule has 1 aliphatic rings. The minimum Gasteiger partial charge on any atom is -0.282 e. The van der Waals surface area contributed by atoms with Gasteiger partial charge in [0.2, 0.25) is 10.0 Å².